The predicted octanol–water partition coefficient (Wildman–Crippen LogP) is 2.60. The summed E-state index contributed by atoms with van der Waals surface area (Å²) in [7, 11) is 0. The summed E-state index contributed by atoms with van der Waals surface area (Å²) in [5, 5.41) is 6.53. The summed E-state index contributed by atoms with van der Waals surface area (Å²) in [5.74, 6) is 0.222. The molecule has 1 aliphatic heterocycles. The van der Waals surface area contributed by atoms with Gasteiger partial charge in [0.15, 0.2) is 0 Å². The Balaban J connectivity index is 2.33. The van der Waals surface area contributed by atoms with Crippen molar-refractivity contribution in [2.75, 3.05) is 6.54 Å². The van der Waals surface area contributed by atoms with Gasteiger partial charge in [-0.25, -0.2) is 0 Å². The largest absolute Gasteiger partial charge is 0.352 e. The molecule has 0 aliphatic carbocycles. The first kappa shape index (κ1) is 14.5. The lowest BCUT2D eigenvalue weighted by molar-refractivity contribution is -0.124. The predicted molar refractivity (Wildman–Crippen MR) is 72.0 cm³/mol. The number of carbonyl (C=O) groups excluding carboxylic acids is 1. The summed E-state index contributed by atoms with van der Waals surface area (Å²) in [6.45, 7) is 5.38. The van der Waals surface area contributed by atoms with E-state index in [-0.39, 0.29) is 11.9 Å². The van der Waals surface area contributed by atoms with Gasteiger partial charge in [0.1, 0.15) is 0 Å². The molecule has 3 nitrogen and oxygen atoms in total. The molecule has 1 heterocycles. The number of amides is 1. The second-order valence-corrected chi connectivity index (χ2v) is 5.14. The molecule has 2 atom stereocenters. The molecule has 2 N–H and O–H groups in total. The second kappa shape index (κ2) is 8.51. The zero-order valence-electron chi connectivity index (χ0n) is 11.4. The van der Waals surface area contributed by atoms with Gasteiger partial charge in [0.05, 0.1) is 6.04 Å². The van der Waals surface area contributed by atoms with E-state index in [0.29, 0.717) is 6.04 Å². The van der Waals surface area contributed by atoms with Crippen molar-refractivity contribution in [3.63, 3.8) is 0 Å². The molecule has 1 aliphatic rings. The van der Waals surface area contributed by atoms with Crippen molar-refractivity contribution in [2.45, 2.75) is 77.3 Å². The number of hydrogen-bond acceptors (Lipinski definition) is 2. The SMILES string of the molecule is CCCCC(CCC)NC(=O)C1CCCCN1. The third kappa shape index (κ3) is 5.53. The molecular weight excluding hydrogens is 212 g/mol. The van der Waals surface area contributed by atoms with Crippen molar-refractivity contribution in [1.29, 1.82) is 0 Å². The molecule has 17 heavy (non-hydrogen) atoms. The minimum absolute atomic E-state index is 0.0599. The minimum Gasteiger partial charge on any atom is -0.352 e. The molecule has 1 fully saturated rings. The smallest absolute Gasteiger partial charge is 0.237 e. The number of hydrogen-bond donors (Lipinski definition) is 2. The molecule has 3 heteroatoms. The molecule has 1 amide bonds. The standard InChI is InChI=1S/C14H28N2O/c1-3-5-9-12(8-4-2)16-14(17)13-10-6-7-11-15-13/h12-13,15H,3-11H2,1-2H3,(H,16,17). The van der Waals surface area contributed by atoms with E-state index in [1.165, 1.54) is 25.7 Å². The minimum atomic E-state index is 0.0599. The average molecular weight is 240 g/mol. The van der Waals surface area contributed by atoms with Gasteiger partial charge < -0.3 is 10.6 Å². The van der Waals surface area contributed by atoms with Crippen LogP contribution in [-0.2, 0) is 4.79 Å². The number of unbranched alkanes of at least 4 members (excludes halogenated alkanes) is 1. The van der Waals surface area contributed by atoms with Crippen molar-refractivity contribution in [3.05, 3.63) is 0 Å². The number of rotatable bonds is 7. The van der Waals surface area contributed by atoms with Gasteiger partial charge in [-0.1, -0.05) is 39.5 Å². The van der Waals surface area contributed by atoms with Crippen LogP contribution < -0.4 is 10.6 Å². The zero-order valence-corrected chi connectivity index (χ0v) is 11.4. The Bertz CT molecular complexity index is 212. The Labute approximate surface area is 106 Å². The fourth-order valence-electron chi connectivity index (χ4n) is 2.47. The fraction of sp³-hybridized carbons (Fsp3) is 0.929. The third-order valence-corrected chi connectivity index (χ3v) is 3.52. The molecule has 0 bridgehead atoms. The van der Waals surface area contributed by atoms with Crippen LogP contribution in [0.25, 0.3) is 0 Å². The molecule has 0 radical (unpaired) electrons. The van der Waals surface area contributed by atoms with Crippen molar-refractivity contribution >= 4 is 5.91 Å². The topological polar surface area (TPSA) is 41.1 Å². The van der Waals surface area contributed by atoms with Crippen molar-refractivity contribution in [3.8, 4) is 0 Å². The Hall–Kier alpha value is -0.570. The van der Waals surface area contributed by atoms with Gasteiger partial charge in [-0.15, -0.1) is 0 Å². The van der Waals surface area contributed by atoms with Gasteiger partial charge in [-0.2, -0.15) is 0 Å². The maximum atomic E-state index is 12.1. The molecule has 0 aromatic heterocycles. The Morgan fingerprint density at radius 2 is 2.12 bits per heavy atom. The molecule has 0 spiro atoms. The lowest BCUT2D eigenvalue weighted by Gasteiger charge is -2.26. The average Bonchev–Trinajstić information content (AvgIpc) is 2.37. The summed E-state index contributed by atoms with van der Waals surface area (Å²) >= 11 is 0. The summed E-state index contributed by atoms with van der Waals surface area (Å²) in [4.78, 5) is 12.1. The van der Waals surface area contributed by atoms with Gasteiger partial charge >= 0.3 is 0 Å². The summed E-state index contributed by atoms with van der Waals surface area (Å²) < 4.78 is 0. The van der Waals surface area contributed by atoms with Crippen molar-refractivity contribution < 1.29 is 4.79 Å². The van der Waals surface area contributed by atoms with Gasteiger partial charge in [0, 0.05) is 6.04 Å². The van der Waals surface area contributed by atoms with E-state index in [2.05, 4.69) is 24.5 Å². The van der Waals surface area contributed by atoms with E-state index in [4.69, 9.17) is 0 Å². The number of nitrogens with one attached hydrogen (secondary N) is 2. The van der Waals surface area contributed by atoms with E-state index in [1.54, 1.807) is 0 Å². The molecular formula is C14H28N2O. The van der Waals surface area contributed by atoms with E-state index in [9.17, 15) is 4.79 Å². The van der Waals surface area contributed by atoms with Crippen molar-refractivity contribution in [1.82, 2.24) is 10.6 Å². The van der Waals surface area contributed by atoms with Gasteiger partial charge in [-0.05, 0) is 32.2 Å². The van der Waals surface area contributed by atoms with Crippen LogP contribution in [0, 0.1) is 0 Å². The fourth-order valence-corrected chi connectivity index (χ4v) is 2.47. The number of piperidine rings is 1. The molecule has 2 unspecified atom stereocenters. The monoisotopic (exact) mass is 240 g/mol. The highest BCUT2D eigenvalue weighted by molar-refractivity contribution is 5.82. The summed E-state index contributed by atoms with van der Waals surface area (Å²) in [6, 6.07) is 0.445. The Morgan fingerprint density at radius 3 is 2.71 bits per heavy atom. The van der Waals surface area contributed by atoms with Crippen LogP contribution in [0.4, 0.5) is 0 Å². The van der Waals surface area contributed by atoms with Gasteiger partial charge in [0.25, 0.3) is 0 Å². The van der Waals surface area contributed by atoms with E-state index in [0.717, 1.165) is 32.2 Å². The highest BCUT2D eigenvalue weighted by Crippen LogP contribution is 2.10. The number of carbonyl (C=O) groups is 1. The normalized spacial score (nSPS) is 22.1. The maximum absolute atomic E-state index is 12.1. The van der Waals surface area contributed by atoms with Crippen LogP contribution in [0.3, 0.4) is 0 Å². The van der Waals surface area contributed by atoms with Crippen LogP contribution >= 0.6 is 0 Å². The van der Waals surface area contributed by atoms with Gasteiger partial charge in [0.2, 0.25) is 5.91 Å². The third-order valence-electron chi connectivity index (χ3n) is 3.52. The lowest BCUT2D eigenvalue weighted by Crippen LogP contribution is -2.49. The lowest BCUT2D eigenvalue weighted by atomic mass is 10.0. The quantitative estimate of drug-likeness (QED) is 0.718. The zero-order chi connectivity index (χ0) is 12.5. The second-order valence-electron chi connectivity index (χ2n) is 5.14. The van der Waals surface area contributed by atoms with Gasteiger partial charge in [-0.3, -0.25) is 4.79 Å². The molecule has 1 rings (SSSR count). The summed E-state index contributed by atoms with van der Waals surface area (Å²) in [6.07, 6.45) is 9.18. The molecule has 100 valence electrons. The Morgan fingerprint density at radius 1 is 1.29 bits per heavy atom. The van der Waals surface area contributed by atoms with Crippen LogP contribution in [0.15, 0.2) is 0 Å². The van der Waals surface area contributed by atoms with Crippen LogP contribution in [0.1, 0.15) is 65.2 Å². The van der Waals surface area contributed by atoms with Crippen molar-refractivity contribution in [2.24, 2.45) is 0 Å². The van der Waals surface area contributed by atoms with Crippen LogP contribution in [-0.4, -0.2) is 24.5 Å². The highest BCUT2D eigenvalue weighted by Gasteiger charge is 2.22. The first-order valence-electron chi connectivity index (χ1n) is 7.31. The Kier molecular flexibility index (Phi) is 7.25. The van der Waals surface area contributed by atoms with E-state index >= 15 is 0 Å². The maximum Gasteiger partial charge on any atom is 0.237 e. The molecule has 0 aromatic rings. The highest BCUT2D eigenvalue weighted by atomic mass is 16.2. The van der Waals surface area contributed by atoms with Crippen LogP contribution in [0.5, 0.6) is 0 Å². The molecule has 1 saturated heterocycles. The van der Waals surface area contributed by atoms with E-state index in [1.807, 2.05) is 0 Å². The molecule has 0 aromatic carbocycles. The summed E-state index contributed by atoms with van der Waals surface area (Å²) in [5.41, 5.74) is 0. The first-order chi connectivity index (χ1) is 8.27. The van der Waals surface area contributed by atoms with E-state index < -0.39 is 0 Å². The first-order valence-corrected chi connectivity index (χ1v) is 7.31. The molecule has 0 saturated carbocycles. The van der Waals surface area contributed by atoms with Crippen LogP contribution in [0.2, 0.25) is 0 Å².